The van der Waals surface area contributed by atoms with Crippen molar-refractivity contribution in [1.29, 1.82) is 0 Å². The summed E-state index contributed by atoms with van der Waals surface area (Å²) in [4.78, 5) is 36.8. The third-order valence-electron chi connectivity index (χ3n) is 3.08. The van der Waals surface area contributed by atoms with Crippen LogP contribution < -0.4 is 5.73 Å². The molecule has 6 nitrogen and oxygen atoms in total. The molecule has 0 aliphatic heterocycles. The molecule has 1 unspecified atom stereocenters. The summed E-state index contributed by atoms with van der Waals surface area (Å²) in [5.41, 5.74) is 5.80. The highest BCUT2D eigenvalue weighted by Crippen LogP contribution is 2.13. The monoisotopic (exact) mass is 292 g/mol. The first-order valence-electron chi connectivity index (χ1n) is 6.60. The zero-order chi connectivity index (χ0) is 16.0. The lowest BCUT2D eigenvalue weighted by molar-refractivity contribution is -0.123. The fourth-order valence-electron chi connectivity index (χ4n) is 2.11. The molecule has 21 heavy (non-hydrogen) atoms. The third-order valence-corrected chi connectivity index (χ3v) is 3.08. The second-order valence-electron chi connectivity index (χ2n) is 4.98. The van der Waals surface area contributed by atoms with Crippen LogP contribution in [0.4, 0.5) is 4.79 Å². The largest absolute Gasteiger partial charge is 0.453 e. The molecule has 0 saturated carbocycles. The summed E-state index contributed by atoms with van der Waals surface area (Å²) in [7, 11) is 1.20. The van der Waals surface area contributed by atoms with E-state index in [1.165, 1.54) is 7.11 Å². The van der Waals surface area contributed by atoms with Crippen LogP contribution >= 0.6 is 0 Å². The van der Waals surface area contributed by atoms with Gasteiger partial charge in [-0.05, 0) is 5.92 Å². The number of primary amides is 1. The lowest BCUT2D eigenvalue weighted by Gasteiger charge is -2.30. The number of hydrogen-bond donors (Lipinski definition) is 1. The van der Waals surface area contributed by atoms with Gasteiger partial charge in [0.05, 0.1) is 13.7 Å². The van der Waals surface area contributed by atoms with Gasteiger partial charge in [0.1, 0.15) is 6.04 Å². The lowest BCUT2D eigenvalue weighted by atomic mass is 10.0. The number of ether oxygens (including phenoxy) is 1. The fourth-order valence-corrected chi connectivity index (χ4v) is 2.11. The summed E-state index contributed by atoms with van der Waals surface area (Å²) < 4.78 is 4.66. The zero-order valence-corrected chi connectivity index (χ0v) is 12.4. The molecule has 6 heteroatoms. The number of rotatable bonds is 6. The van der Waals surface area contributed by atoms with Gasteiger partial charge < -0.3 is 10.5 Å². The first kappa shape index (κ1) is 16.7. The maximum absolute atomic E-state index is 12.2. The van der Waals surface area contributed by atoms with Crippen molar-refractivity contribution >= 4 is 17.8 Å². The maximum Gasteiger partial charge on any atom is 0.410 e. The van der Waals surface area contributed by atoms with Gasteiger partial charge in [0.25, 0.3) is 0 Å². The highest BCUT2D eigenvalue weighted by molar-refractivity contribution is 5.99. The number of hydrogen-bond acceptors (Lipinski definition) is 4. The van der Waals surface area contributed by atoms with Crippen molar-refractivity contribution < 1.29 is 19.1 Å². The van der Waals surface area contributed by atoms with E-state index in [9.17, 15) is 14.4 Å². The first-order chi connectivity index (χ1) is 9.88. The number of Topliss-reactive ketones (excluding diaryl/α,β-unsaturated/α-hetero) is 1. The smallest absolute Gasteiger partial charge is 0.410 e. The number of amides is 2. The molecule has 1 rings (SSSR count). The molecule has 0 bridgehead atoms. The van der Waals surface area contributed by atoms with Crippen LogP contribution in [0.15, 0.2) is 30.3 Å². The van der Waals surface area contributed by atoms with Gasteiger partial charge in [0, 0.05) is 5.56 Å². The van der Waals surface area contributed by atoms with E-state index in [4.69, 9.17) is 5.73 Å². The molecule has 0 aliphatic carbocycles. The standard InChI is InChI=1S/C15H20N2O4/c1-10(2)13(14(16)19)17(15(20)21-3)9-12(18)11-7-5-4-6-8-11/h4-8,10,13H,9H2,1-3H3,(H2,16,19). The van der Waals surface area contributed by atoms with E-state index in [1.807, 2.05) is 0 Å². The molecule has 114 valence electrons. The minimum absolute atomic E-state index is 0.231. The van der Waals surface area contributed by atoms with Crippen molar-refractivity contribution in [3.63, 3.8) is 0 Å². The number of carbonyl (C=O) groups excluding carboxylic acids is 3. The van der Waals surface area contributed by atoms with Gasteiger partial charge in [-0.1, -0.05) is 44.2 Å². The lowest BCUT2D eigenvalue weighted by Crippen LogP contribution is -2.52. The predicted molar refractivity (Wildman–Crippen MR) is 77.7 cm³/mol. The van der Waals surface area contributed by atoms with E-state index in [-0.39, 0.29) is 18.2 Å². The molecule has 2 amide bonds. The van der Waals surface area contributed by atoms with Gasteiger partial charge in [0.15, 0.2) is 5.78 Å². The Balaban J connectivity index is 3.01. The summed E-state index contributed by atoms with van der Waals surface area (Å²) in [5.74, 6) is -1.19. The van der Waals surface area contributed by atoms with Crippen molar-refractivity contribution in [2.24, 2.45) is 11.7 Å². The van der Waals surface area contributed by atoms with Crippen LogP contribution in [0.2, 0.25) is 0 Å². The van der Waals surface area contributed by atoms with Crippen molar-refractivity contribution in [2.75, 3.05) is 13.7 Å². The number of methoxy groups -OCH3 is 1. The third kappa shape index (κ3) is 4.30. The number of nitrogens with zero attached hydrogens (tertiary/aromatic N) is 1. The summed E-state index contributed by atoms with van der Waals surface area (Å²) >= 11 is 0. The molecular formula is C15H20N2O4. The molecule has 0 aromatic heterocycles. The van der Waals surface area contributed by atoms with Crippen molar-refractivity contribution in [3.8, 4) is 0 Å². The normalized spacial score (nSPS) is 11.8. The Bertz CT molecular complexity index is 514. The van der Waals surface area contributed by atoms with Crippen molar-refractivity contribution in [1.82, 2.24) is 4.90 Å². The Morgan fingerprint density at radius 3 is 2.19 bits per heavy atom. The highest BCUT2D eigenvalue weighted by atomic mass is 16.5. The van der Waals surface area contributed by atoms with Crippen LogP contribution in [-0.4, -0.2) is 42.4 Å². The minimum Gasteiger partial charge on any atom is -0.453 e. The SMILES string of the molecule is COC(=O)N(CC(=O)c1ccccc1)C(C(N)=O)C(C)C. The molecule has 1 aromatic rings. The molecule has 2 N–H and O–H groups in total. The van der Waals surface area contributed by atoms with E-state index < -0.39 is 18.0 Å². The minimum atomic E-state index is -0.898. The van der Waals surface area contributed by atoms with Gasteiger partial charge in [-0.15, -0.1) is 0 Å². The molecule has 0 fully saturated rings. The highest BCUT2D eigenvalue weighted by Gasteiger charge is 2.33. The van der Waals surface area contributed by atoms with E-state index in [0.717, 1.165) is 4.90 Å². The van der Waals surface area contributed by atoms with Crippen molar-refractivity contribution in [3.05, 3.63) is 35.9 Å². The molecule has 0 aliphatic rings. The van der Waals surface area contributed by atoms with E-state index in [2.05, 4.69) is 4.74 Å². The van der Waals surface area contributed by atoms with E-state index >= 15 is 0 Å². The van der Waals surface area contributed by atoms with Crippen LogP contribution in [-0.2, 0) is 9.53 Å². The van der Waals surface area contributed by atoms with E-state index in [1.54, 1.807) is 44.2 Å². The predicted octanol–water partition coefficient (Wildman–Crippen LogP) is 1.45. The Morgan fingerprint density at radius 1 is 1.19 bits per heavy atom. The van der Waals surface area contributed by atoms with Gasteiger partial charge >= 0.3 is 6.09 Å². The number of carbonyl (C=O) groups is 3. The van der Waals surface area contributed by atoms with Crippen LogP contribution in [0.5, 0.6) is 0 Å². The Labute approximate surface area is 123 Å². The average Bonchev–Trinajstić information content (AvgIpc) is 2.45. The van der Waals surface area contributed by atoms with Crippen LogP contribution in [0, 0.1) is 5.92 Å². The Kier molecular flexibility index (Phi) is 5.90. The van der Waals surface area contributed by atoms with E-state index in [0.29, 0.717) is 5.56 Å². The molecule has 0 radical (unpaired) electrons. The molecule has 1 atom stereocenters. The average molecular weight is 292 g/mol. The van der Waals surface area contributed by atoms with Gasteiger partial charge in [0.2, 0.25) is 5.91 Å². The summed E-state index contributed by atoms with van der Waals surface area (Å²) in [5, 5.41) is 0. The van der Waals surface area contributed by atoms with Gasteiger partial charge in [-0.25, -0.2) is 4.79 Å². The molecule has 0 spiro atoms. The molecule has 1 aromatic carbocycles. The second kappa shape index (κ2) is 7.42. The van der Waals surface area contributed by atoms with Crippen LogP contribution in [0.1, 0.15) is 24.2 Å². The Hall–Kier alpha value is -2.37. The number of benzene rings is 1. The Morgan fingerprint density at radius 2 is 1.76 bits per heavy atom. The summed E-state index contributed by atoms with van der Waals surface area (Å²) in [6.45, 7) is 3.24. The van der Waals surface area contributed by atoms with Gasteiger partial charge in [-0.2, -0.15) is 0 Å². The molecule has 0 heterocycles. The molecular weight excluding hydrogens is 272 g/mol. The topological polar surface area (TPSA) is 89.7 Å². The summed E-state index contributed by atoms with van der Waals surface area (Å²) in [6, 6.07) is 7.63. The fraction of sp³-hybridized carbons (Fsp3) is 0.400. The number of nitrogens with two attached hydrogens (primary N) is 1. The second-order valence-corrected chi connectivity index (χ2v) is 4.98. The summed E-state index contributed by atoms with van der Waals surface area (Å²) in [6.07, 6.45) is -0.753. The number of ketones is 1. The zero-order valence-electron chi connectivity index (χ0n) is 12.4. The quantitative estimate of drug-likeness (QED) is 0.803. The van der Waals surface area contributed by atoms with Crippen molar-refractivity contribution in [2.45, 2.75) is 19.9 Å². The maximum atomic E-state index is 12.2. The van der Waals surface area contributed by atoms with Crippen LogP contribution in [0.25, 0.3) is 0 Å². The first-order valence-corrected chi connectivity index (χ1v) is 6.60. The van der Waals surface area contributed by atoms with Gasteiger partial charge in [-0.3, -0.25) is 14.5 Å². The molecule has 0 saturated heterocycles. The van der Waals surface area contributed by atoms with Crippen LogP contribution in [0.3, 0.4) is 0 Å².